The van der Waals surface area contributed by atoms with E-state index in [9.17, 15) is 18.8 Å². The number of nitriles is 1. The van der Waals surface area contributed by atoms with Crippen molar-refractivity contribution in [1.29, 1.82) is 5.26 Å². The second-order valence-corrected chi connectivity index (χ2v) is 8.94. The molecule has 1 amide bonds. The smallest absolute Gasteiger partial charge is 0.259 e. The van der Waals surface area contributed by atoms with Gasteiger partial charge in [0, 0.05) is 36.5 Å². The number of methoxy groups -OCH3 is 1. The Morgan fingerprint density at radius 2 is 1.83 bits per heavy atom. The highest BCUT2D eigenvalue weighted by Crippen LogP contribution is 2.32. The lowest BCUT2D eigenvalue weighted by atomic mass is 10.0. The van der Waals surface area contributed by atoms with E-state index in [2.05, 4.69) is 32.2 Å². The van der Waals surface area contributed by atoms with Crippen LogP contribution in [0.3, 0.4) is 0 Å². The second-order valence-electron chi connectivity index (χ2n) is 8.02. The number of rotatable bonds is 6. The number of nitrogens with zero attached hydrogens (tertiary/aromatic N) is 2. The van der Waals surface area contributed by atoms with Gasteiger partial charge in [0.05, 0.1) is 35.7 Å². The minimum absolute atomic E-state index is 0.0270. The summed E-state index contributed by atoms with van der Waals surface area (Å²) in [6.45, 7) is 1.17. The number of nitrogens with one attached hydrogen (secondary N) is 1. The van der Waals surface area contributed by atoms with Crippen LogP contribution in [0.2, 0.25) is 0 Å². The van der Waals surface area contributed by atoms with Gasteiger partial charge in [0.25, 0.3) is 5.91 Å². The van der Waals surface area contributed by atoms with Crippen molar-refractivity contribution in [3.8, 4) is 17.6 Å². The third-order valence-corrected chi connectivity index (χ3v) is 6.24. The van der Waals surface area contributed by atoms with Crippen LogP contribution in [0.5, 0.6) is 11.5 Å². The van der Waals surface area contributed by atoms with Crippen molar-refractivity contribution in [2.45, 2.75) is 18.9 Å². The SMILES string of the molecule is COc1ccc(Br)cc1C(=O)Nc1cc(C#N)ccc1N1CCC(Oc2ccc(F)cc2F)CC1. The minimum Gasteiger partial charge on any atom is -0.496 e. The Kier molecular flexibility index (Phi) is 7.51. The molecule has 3 aromatic rings. The summed E-state index contributed by atoms with van der Waals surface area (Å²) in [7, 11) is 1.49. The number of amides is 1. The van der Waals surface area contributed by atoms with E-state index >= 15 is 0 Å². The molecule has 1 saturated heterocycles. The average molecular weight is 542 g/mol. The van der Waals surface area contributed by atoms with E-state index in [0.717, 1.165) is 16.2 Å². The number of halogens is 3. The molecule has 0 unspecified atom stereocenters. The van der Waals surface area contributed by atoms with Gasteiger partial charge < -0.3 is 19.7 Å². The molecule has 4 rings (SSSR count). The van der Waals surface area contributed by atoms with Crippen LogP contribution >= 0.6 is 15.9 Å². The van der Waals surface area contributed by atoms with Gasteiger partial charge in [-0.3, -0.25) is 4.79 Å². The molecular formula is C26H22BrF2N3O3. The van der Waals surface area contributed by atoms with Gasteiger partial charge in [0.1, 0.15) is 17.7 Å². The molecular weight excluding hydrogens is 520 g/mol. The Bertz CT molecular complexity index is 1290. The summed E-state index contributed by atoms with van der Waals surface area (Å²) in [5.41, 5.74) is 2.02. The highest BCUT2D eigenvalue weighted by Gasteiger charge is 2.24. The van der Waals surface area contributed by atoms with Gasteiger partial charge in [0.15, 0.2) is 11.6 Å². The predicted molar refractivity (Wildman–Crippen MR) is 132 cm³/mol. The van der Waals surface area contributed by atoms with Gasteiger partial charge in [-0.15, -0.1) is 0 Å². The number of anilines is 2. The fraction of sp³-hybridized carbons (Fsp3) is 0.231. The van der Waals surface area contributed by atoms with Crippen LogP contribution in [0.25, 0.3) is 0 Å². The van der Waals surface area contributed by atoms with Crippen molar-refractivity contribution < 1.29 is 23.0 Å². The first kappa shape index (κ1) is 24.5. The van der Waals surface area contributed by atoms with Gasteiger partial charge >= 0.3 is 0 Å². The Balaban J connectivity index is 1.50. The first-order chi connectivity index (χ1) is 16.9. The van der Waals surface area contributed by atoms with Crippen molar-refractivity contribution >= 4 is 33.2 Å². The van der Waals surface area contributed by atoms with Crippen molar-refractivity contribution in [3.05, 3.63) is 81.8 Å². The molecule has 0 atom stereocenters. The number of piperidine rings is 1. The zero-order chi connectivity index (χ0) is 24.9. The normalized spacial score (nSPS) is 13.7. The molecule has 9 heteroatoms. The minimum atomic E-state index is -0.729. The molecule has 1 heterocycles. The van der Waals surface area contributed by atoms with Gasteiger partial charge in [-0.25, -0.2) is 8.78 Å². The number of carbonyl (C=O) groups excluding carboxylic acids is 1. The lowest BCUT2D eigenvalue weighted by Gasteiger charge is -2.35. The maximum atomic E-state index is 14.0. The van der Waals surface area contributed by atoms with Gasteiger partial charge in [0.2, 0.25) is 0 Å². The fourth-order valence-corrected chi connectivity index (χ4v) is 4.35. The van der Waals surface area contributed by atoms with Crippen LogP contribution in [0.15, 0.2) is 59.1 Å². The van der Waals surface area contributed by atoms with Crippen molar-refractivity contribution in [2.24, 2.45) is 0 Å². The molecule has 0 saturated carbocycles. The molecule has 0 aromatic heterocycles. The number of ether oxygens (including phenoxy) is 2. The number of hydrogen-bond acceptors (Lipinski definition) is 5. The van der Waals surface area contributed by atoms with Crippen LogP contribution in [-0.2, 0) is 0 Å². The van der Waals surface area contributed by atoms with E-state index in [1.807, 2.05) is 0 Å². The Labute approximate surface area is 210 Å². The van der Waals surface area contributed by atoms with E-state index in [4.69, 9.17) is 9.47 Å². The van der Waals surface area contributed by atoms with Crippen LogP contribution < -0.4 is 19.7 Å². The molecule has 0 spiro atoms. The summed E-state index contributed by atoms with van der Waals surface area (Å²) >= 11 is 3.38. The maximum absolute atomic E-state index is 14.0. The summed E-state index contributed by atoms with van der Waals surface area (Å²) in [4.78, 5) is 15.2. The summed E-state index contributed by atoms with van der Waals surface area (Å²) in [6.07, 6.45) is 0.974. The van der Waals surface area contributed by atoms with E-state index in [0.29, 0.717) is 48.5 Å². The summed E-state index contributed by atoms with van der Waals surface area (Å²) in [6, 6.07) is 15.6. The molecule has 1 aliphatic rings. The predicted octanol–water partition coefficient (Wildman–Crippen LogP) is 5.91. The Morgan fingerprint density at radius 1 is 1.09 bits per heavy atom. The zero-order valence-electron chi connectivity index (χ0n) is 18.9. The fourth-order valence-electron chi connectivity index (χ4n) is 3.99. The monoisotopic (exact) mass is 541 g/mol. The topological polar surface area (TPSA) is 74.6 Å². The standard InChI is InChI=1S/C26H22BrF2N3O3/c1-34-24-6-3-17(27)13-20(24)26(33)31-22-12-16(15-30)2-5-23(22)32-10-8-19(9-11-32)35-25-7-4-18(28)14-21(25)29/h2-7,12-14,19H,8-11H2,1H3,(H,31,33). The summed E-state index contributed by atoms with van der Waals surface area (Å²) in [5.74, 6) is -1.30. The van der Waals surface area contributed by atoms with Crippen LogP contribution in [-0.4, -0.2) is 32.2 Å². The van der Waals surface area contributed by atoms with Crippen molar-refractivity contribution in [1.82, 2.24) is 0 Å². The van der Waals surface area contributed by atoms with Gasteiger partial charge in [-0.2, -0.15) is 5.26 Å². The number of hydrogen-bond donors (Lipinski definition) is 1. The molecule has 3 aromatic carbocycles. The lowest BCUT2D eigenvalue weighted by Crippen LogP contribution is -2.38. The molecule has 35 heavy (non-hydrogen) atoms. The lowest BCUT2D eigenvalue weighted by molar-refractivity contribution is 0.102. The third-order valence-electron chi connectivity index (χ3n) is 5.75. The maximum Gasteiger partial charge on any atom is 0.259 e. The van der Waals surface area contributed by atoms with Gasteiger partial charge in [-0.05, 0) is 48.5 Å². The molecule has 180 valence electrons. The van der Waals surface area contributed by atoms with E-state index in [1.165, 1.54) is 19.2 Å². The van der Waals surface area contributed by atoms with Crippen molar-refractivity contribution in [3.63, 3.8) is 0 Å². The molecule has 1 fully saturated rings. The molecule has 1 aliphatic heterocycles. The molecule has 0 aliphatic carbocycles. The van der Waals surface area contributed by atoms with Crippen LogP contribution in [0, 0.1) is 23.0 Å². The first-order valence-corrected chi connectivity index (χ1v) is 11.7. The van der Waals surface area contributed by atoms with E-state index in [1.54, 1.807) is 36.4 Å². The van der Waals surface area contributed by atoms with E-state index in [-0.39, 0.29) is 17.8 Å². The molecule has 6 nitrogen and oxygen atoms in total. The van der Waals surface area contributed by atoms with Gasteiger partial charge in [-0.1, -0.05) is 15.9 Å². The molecule has 0 bridgehead atoms. The summed E-state index contributed by atoms with van der Waals surface area (Å²) in [5, 5.41) is 12.3. The number of benzene rings is 3. The average Bonchev–Trinajstić information content (AvgIpc) is 2.86. The third kappa shape index (κ3) is 5.72. The highest BCUT2D eigenvalue weighted by atomic mass is 79.9. The van der Waals surface area contributed by atoms with Crippen LogP contribution in [0.1, 0.15) is 28.8 Å². The quantitative estimate of drug-likeness (QED) is 0.420. The molecule has 1 N–H and O–H groups in total. The van der Waals surface area contributed by atoms with E-state index < -0.39 is 11.6 Å². The zero-order valence-corrected chi connectivity index (χ0v) is 20.4. The molecule has 0 radical (unpaired) electrons. The Morgan fingerprint density at radius 3 is 2.51 bits per heavy atom. The summed E-state index contributed by atoms with van der Waals surface area (Å²) < 4.78 is 38.9. The second kappa shape index (κ2) is 10.7. The largest absolute Gasteiger partial charge is 0.496 e. The number of carbonyl (C=O) groups is 1. The first-order valence-electron chi connectivity index (χ1n) is 10.9. The van der Waals surface area contributed by atoms with Crippen LogP contribution in [0.4, 0.5) is 20.2 Å². The van der Waals surface area contributed by atoms with Crippen molar-refractivity contribution in [2.75, 3.05) is 30.4 Å². The Hall–Kier alpha value is -3.64. The highest BCUT2D eigenvalue weighted by molar-refractivity contribution is 9.10.